The van der Waals surface area contributed by atoms with Gasteiger partial charge in [0.05, 0.1) is 32.1 Å². The Bertz CT molecular complexity index is 365. The molecule has 0 aromatic rings. The Morgan fingerprint density at radius 3 is 2.89 bits per heavy atom. The minimum absolute atomic E-state index is 0.0132. The fourth-order valence-electron chi connectivity index (χ4n) is 2.21. The molecule has 0 radical (unpaired) electrons. The zero-order chi connectivity index (χ0) is 14.3. The molecule has 0 aliphatic carbocycles. The molecule has 0 saturated carbocycles. The maximum absolute atomic E-state index is 11.9. The highest BCUT2D eigenvalue weighted by atomic mass is 16.5. The Labute approximate surface area is 113 Å². The van der Waals surface area contributed by atoms with E-state index in [0.717, 1.165) is 19.4 Å². The fourth-order valence-corrected chi connectivity index (χ4v) is 2.21. The van der Waals surface area contributed by atoms with E-state index in [-0.39, 0.29) is 17.8 Å². The number of carbonyl (C=O) groups is 2. The van der Waals surface area contributed by atoms with Crippen molar-refractivity contribution in [3.8, 4) is 6.07 Å². The zero-order valence-corrected chi connectivity index (χ0v) is 11.6. The molecule has 1 heterocycles. The van der Waals surface area contributed by atoms with Crippen molar-refractivity contribution in [3.63, 3.8) is 0 Å². The van der Waals surface area contributed by atoms with E-state index in [1.54, 1.807) is 11.9 Å². The van der Waals surface area contributed by atoms with Gasteiger partial charge in [0.1, 0.15) is 0 Å². The molecule has 6 nitrogen and oxygen atoms in total. The maximum Gasteiger partial charge on any atom is 0.309 e. The number of methoxy groups -OCH3 is 1. The molecule has 0 N–H and O–H groups in total. The number of likely N-dealkylation sites (tertiary alicyclic amines) is 1. The Hall–Kier alpha value is -1.61. The van der Waals surface area contributed by atoms with Crippen LogP contribution >= 0.6 is 0 Å². The third-order valence-electron chi connectivity index (χ3n) is 3.38. The number of carbonyl (C=O) groups excluding carboxylic acids is 2. The van der Waals surface area contributed by atoms with Gasteiger partial charge >= 0.3 is 5.97 Å². The van der Waals surface area contributed by atoms with Crippen LogP contribution in [0.2, 0.25) is 0 Å². The Morgan fingerprint density at radius 1 is 1.53 bits per heavy atom. The number of likely N-dealkylation sites (N-methyl/N-ethyl adjacent to an activating group) is 1. The fraction of sp³-hybridized carbons (Fsp3) is 0.769. The van der Waals surface area contributed by atoms with Crippen LogP contribution in [0.4, 0.5) is 0 Å². The number of piperidine rings is 1. The zero-order valence-electron chi connectivity index (χ0n) is 11.6. The number of esters is 1. The molecule has 1 aliphatic heterocycles. The van der Waals surface area contributed by atoms with Crippen LogP contribution in [0.5, 0.6) is 0 Å². The monoisotopic (exact) mass is 267 g/mol. The molecular weight excluding hydrogens is 246 g/mol. The van der Waals surface area contributed by atoms with Crippen molar-refractivity contribution in [1.29, 1.82) is 5.26 Å². The summed E-state index contributed by atoms with van der Waals surface area (Å²) in [5.41, 5.74) is 0. The van der Waals surface area contributed by atoms with Gasteiger partial charge in [-0.2, -0.15) is 5.26 Å². The van der Waals surface area contributed by atoms with Gasteiger partial charge in [0.2, 0.25) is 5.91 Å². The Kier molecular flexibility index (Phi) is 6.30. The summed E-state index contributed by atoms with van der Waals surface area (Å²) < 4.78 is 4.75. The number of amides is 1. The van der Waals surface area contributed by atoms with E-state index in [1.165, 1.54) is 7.11 Å². The number of nitriles is 1. The third-order valence-corrected chi connectivity index (χ3v) is 3.38. The first-order valence-corrected chi connectivity index (χ1v) is 6.49. The van der Waals surface area contributed by atoms with Crippen molar-refractivity contribution >= 4 is 11.9 Å². The van der Waals surface area contributed by atoms with Crippen molar-refractivity contribution in [2.75, 3.05) is 40.3 Å². The van der Waals surface area contributed by atoms with Gasteiger partial charge in [0.15, 0.2) is 0 Å². The molecule has 1 amide bonds. The molecule has 0 aromatic carbocycles. The van der Waals surface area contributed by atoms with Gasteiger partial charge in [0.25, 0.3) is 0 Å². The number of hydrogen-bond donors (Lipinski definition) is 0. The number of rotatable bonds is 5. The molecule has 106 valence electrons. The summed E-state index contributed by atoms with van der Waals surface area (Å²) in [5.74, 6) is -0.341. The summed E-state index contributed by atoms with van der Waals surface area (Å²) in [6.07, 6.45) is 2.06. The molecule has 1 atom stereocenters. The van der Waals surface area contributed by atoms with Crippen molar-refractivity contribution in [1.82, 2.24) is 9.80 Å². The number of ether oxygens (including phenoxy) is 1. The predicted octanol–water partition coefficient (Wildman–Crippen LogP) is 0.243. The molecule has 1 rings (SSSR count). The lowest BCUT2D eigenvalue weighted by molar-refractivity contribution is -0.148. The van der Waals surface area contributed by atoms with E-state index in [1.807, 2.05) is 11.0 Å². The SMILES string of the molecule is COC(=O)C1CCCN(CC(=O)N(C)CCC#N)C1. The van der Waals surface area contributed by atoms with Gasteiger partial charge in [0, 0.05) is 20.1 Å². The largest absolute Gasteiger partial charge is 0.469 e. The highest BCUT2D eigenvalue weighted by molar-refractivity contribution is 5.78. The summed E-state index contributed by atoms with van der Waals surface area (Å²) in [6.45, 7) is 2.15. The van der Waals surface area contributed by atoms with Crippen LogP contribution in [0.25, 0.3) is 0 Å². The normalized spacial score (nSPS) is 19.5. The summed E-state index contributed by atoms with van der Waals surface area (Å²) in [6, 6.07) is 2.02. The van der Waals surface area contributed by atoms with Crippen LogP contribution in [-0.2, 0) is 14.3 Å². The first kappa shape index (κ1) is 15.4. The average molecular weight is 267 g/mol. The summed E-state index contributed by atoms with van der Waals surface area (Å²) >= 11 is 0. The molecular formula is C13H21N3O3. The quantitative estimate of drug-likeness (QED) is 0.667. The molecule has 6 heteroatoms. The second-order valence-corrected chi connectivity index (χ2v) is 4.82. The van der Waals surface area contributed by atoms with Crippen LogP contribution in [0.15, 0.2) is 0 Å². The number of nitrogens with zero attached hydrogens (tertiary/aromatic N) is 3. The lowest BCUT2D eigenvalue weighted by Crippen LogP contribution is -2.45. The molecule has 1 fully saturated rings. The lowest BCUT2D eigenvalue weighted by Gasteiger charge is -2.31. The Balaban J connectivity index is 2.41. The van der Waals surface area contributed by atoms with Crippen molar-refractivity contribution in [2.45, 2.75) is 19.3 Å². The molecule has 0 aromatic heterocycles. The summed E-state index contributed by atoms with van der Waals surface area (Å²) in [4.78, 5) is 27.0. The topological polar surface area (TPSA) is 73.6 Å². The van der Waals surface area contributed by atoms with Gasteiger partial charge < -0.3 is 9.64 Å². The standard InChI is InChI=1S/C13H21N3O3/c1-15(7-4-6-14)12(17)10-16-8-3-5-11(9-16)13(18)19-2/h11H,3-5,7-10H2,1-2H3. The van der Waals surface area contributed by atoms with E-state index < -0.39 is 0 Å². The molecule has 0 bridgehead atoms. The van der Waals surface area contributed by atoms with Gasteiger partial charge in [-0.1, -0.05) is 0 Å². The number of hydrogen-bond acceptors (Lipinski definition) is 5. The second kappa shape index (κ2) is 7.74. The van der Waals surface area contributed by atoms with Crippen LogP contribution in [0, 0.1) is 17.2 Å². The van der Waals surface area contributed by atoms with E-state index in [9.17, 15) is 9.59 Å². The van der Waals surface area contributed by atoms with Gasteiger partial charge in [-0.25, -0.2) is 0 Å². The van der Waals surface area contributed by atoms with Crippen LogP contribution in [-0.4, -0.2) is 62.0 Å². The molecule has 19 heavy (non-hydrogen) atoms. The van der Waals surface area contributed by atoms with Crippen LogP contribution in [0.1, 0.15) is 19.3 Å². The second-order valence-electron chi connectivity index (χ2n) is 4.82. The maximum atomic E-state index is 11.9. The molecule has 0 spiro atoms. The Morgan fingerprint density at radius 2 is 2.26 bits per heavy atom. The predicted molar refractivity (Wildman–Crippen MR) is 69.0 cm³/mol. The molecule has 1 aliphatic rings. The van der Waals surface area contributed by atoms with Gasteiger partial charge in [-0.3, -0.25) is 14.5 Å². The molecule has 1 unspecified atom stereocenters. The van der Waals surface area contributed by atoms with E-state index in [4.69, 9.17) is 10.00 Å². The van der Waals surface area contributed by atoms with Crippen molar-refractivity contribution in [2.24, 2.45) is 5.92 Å². The summed E-state index contributed by atoms with van der Waals surface area (Å²) in [5, 5.41) is 8.49. The third kappa shape index (κ3) is 4.87. The van der Waals surface area contributed by atoms with E-state index >= 15 is 0 Å². The van der Waals surface area contributed by atoms with Crippen LogP contribution < -0.4 is 0 Å². The van der Waals surface area contributed by atoms with E-state index in [2.05, 4.69) is 0 Å². The van der Waals surface area contributed by atoms with Gasteiger partial charge in [-0.05, 0) is 19.4 Å². The lowest BCUT2D eigenvalue weighted by atomic mass is 9.98. The highest BCUT2D eigenvalue weighted by Gasteiger charge is 2.27. The first-order chi connectivity index (χ1) is 9.08. The smallest absolute Gasteiger partial charge is 0.309 e. The van der Waals surface area contributed by atoms with Crippen molar-refractivity contribution < 1.29 is 14.3 Å². The average Bonchev–Trinajstić information content (AvgIpc) is 2.44. The first-order valence-electron chi connectivity index (χ1n) is 6.49. The minimum atomic E-state index is -0.199. The van der Waals surface area contributed by atoms with Gasteiger partial charge in [-0.15, -0.1) is 0 Å². The van der Waals surface area contributed by atoms with Crippen LogP contribution in [0.3, 0.4) is 0 Å². The van der Waals surface area contributed by atoms with E-state index in [0.29, 0.717) is 26.1 Å². The molecule has 1 saturated heterocycles. The highest BCUT2D eigenvalue weighted by Crippen LogP contribution is 2.17. The summed E-state index contributed by atoms with van der Waals surface area (Å²) in [7, 11) is 3.09. The van der Waals surface area contributed by atoms with Crippen molar-refractivity contribution in [3.05, 3.63) is 0 Å². The minimum Gasteiger partial charge on any atom is -0.469 e.